The lowest BCUT2D eigenvalue weighted by Gasteiger charge is -2.20. The molecule has 0 bridgehead atoms. The van der Waals surface area contributed by atoms with Crippen LogP contribution in [-0.2, 0) is 10.0 Å². The largest absolute Gasteiger partial charge is 0.397 e. The van der Waals surface area contributed by atoms with E-state index in [1.165, 1.54) is 16.6 Å². The summed E-state index contributed by atoms with van der Waals surface area (Å²) in [6.45, 7) is 2.48. The molecule has 0 amide bonds. The summed E-state index contributed by atoms with van der Waals surface area (Å²) in [6, 6.07) is 1.45. The SMILES string of the molecule is C[C@H]1CCCN1S(=O)(=O)c1cn[c]c(N)c1. The Kier molecular flexibility index (Phi) is 2.86. The van der Waals surface area contributed by atoms with Crippen LogP contribution in [0.15, 0.2) is 17.2 Å². The molecule has 0 spiro atoms. The molecule has 2 heterocycles. The first kappa shape index (κ1) is 11.3. The van der Waals surface area contributed by atoms with Gasteiger partial charge in [-0.05, 0) is 25.8 Å². The van der Waals surface area contributed by atoms with Crippen molar-refractivity contribution in [2.75, 3.05) is 12.3 Å². The molecule has 0 saturated carbocycles. The van der Waals surface area contributed by atoms with E-state index in [9.17, 15) is 8.42 Å². The first-order chi connectivity index (χ1) is 7.51. The molecular formula is C10H14N3O2S. The molecule has 1 atom stereocenters. The summed E-state index contributed by atoms with van der Waals surface area (Å²) in [4.78, 5) is 3.84. The Bertz CT molecular complexity index is 487. The van der Waals surface area contributed by atoms with Gasteiger partial charge in [0.05, 0.1) is 5.69 Å². The van der Waals surface area contributed by atoms with Crippen LogP contribution in [0, 0.1) is 6.20 Å². The van der Waals surface area contributed by atoms with Crippen molar-refractivity contribution in [1.82, 2.24) is 9.29 Å². The van der Waals surface area contributed by atoms with Gasteiger partial charge in [-0.1, -0.05) is 0 Å². The van der Waals surface area contributed by atoms with Crippen molar-refractivity contribution in [3.05, 3.63) is 18.5 Å². The van der Waals surface area contributed by atoms with Gasteiger partial charge < -0.3 is 5.73 Å². The smallest absolute Gasteiger partial charge is 0.244 e. The number of sulfonamides is 1. The highest BCUT2D eigenvalue weighted by Gasteiger charge is 2.32. The predicted octanol–water partition coefficient (Wildman–Crippen LogP) is 0.637. The molecule has 1 aromatic rings. The van der Waals surface area contributed by atoms with Gasteiger partial charge >= 0.3 is 0 Å². The Morgan fingerprint density at radius 3 is 2.94 bits per heavy atom. The van der Waals surface area contributed by atoms with Gasteiger partial charge in [-0.2, -0.15) is 4.31 Å². The number of hydrogen-bond donors (Lipinski definition) is 1. The van der Waals surface area contributed by atoms with Crippen LogP contribution in [0.3, 0.4) is 0 Å². The number of pyridine rings is 1. The van der Waals surface area contributed by atoms with E-state index in [1.54, 1.807) is 0 Å². The summed E-state index contributed by atoms with van der Waals surface area (Å²) in [5.74, 6) is 0. The monoisotopic (exact) mass is 240 g/mol. The van der Waals surface area contributed by atoms with Crippen molar-refractivity contribution in [3.8, 4) is 0 Å². The average Bonchev–Trinajstić information content (AvgIpc) is 2.65. The molecule has 1 aliphatic rings. The molecule has 1 saturated heterocycles. The highest BCUT2D eigenvalue weighted by Crippen LogP contribution is 2.25. The van der Waals surface area contributed by atoms with Crippen molar-refractivity contribution in [2.45, 2.75) is 30.7 Å². The number of nitrogens with two attached hydrogens (primary N) is 1. The van der Waals surface area contributed by atoms with Crippen LogP contribution in [0.4, 0.5) is 5.69 Å². The Balaban J connectivity index is 2.39. The Labute approximate surface area is 95.3 Å². The topological polar surface area (TPSA) is 76.3 Å². The molecule has 2 N–H and O–H groups in total. The first-order valence-corrected chi connectivity index (χ1v) is 6.61. The van der Waals surface area contributed by atoms with Gasteiger partial charge in [-0.25, -0.2) is 8.42 Å². The maximum Gasteiger partial charge on any atom is 0.244 e. The minimum absolute atomic E-state index is 0.0513. The molecule has 6 heteroatoms. The lowest BCUT2D eigenvalue weighted by molar-refractivity contribution is 0.408. The van der Waals surface area contributed by atoms with Crippen molar-refractivity contribution in [3.63, 3.8) is 0 Å². The van der Waals surface area contributed by atoms with E-state index < -0.39 is 10.0 Å². The highest BCUT2D eigenvalue weighted by atomic mass is 32.2. The fourth-order valence-corrected chi connectivity index (χ4v) is 3.61. The van der Waals surface area contributed by atoms with E-state index in [0.29, 0.717) is 6.54 Å². The molecule has 0 aromatic carbocycles. The molecule has 2 rings (SSSR count). The molecule has 1 aliphatic heterocycles. The first-order valence-electron chi connectivity index (χ1n) is 5.17. The number of aromatic nitrogens is 1. The zero-order valence-corrected chi connectivity index (χ0v) is 9.87. The minimum atomic E-state index is -3.44. The van der Waals surface area contributed by atoms with E-state index >= 15 is 0 Å². The number of hydrogen-bond acceptors (Lipinski definition) is 4. The fraction of sp³-hybridized carbons (Fsp3) is 0.500. The van der Waals surface area contributed by atoms with Crippen LogP contribution in [0.25, 0.3) is 0 Å². The summed E-state index contributed by atoms with van der Waals surface area (Å²) >= 11 is 0. The number of nitrogen functional groups attached to an aromatic ring is 1. The summed E-state index contributed by atoms with van der Waals surface area (Å²) < 4.78 is 25.9. The summed E-state index contributed by atoms with van der Waals surface area (Å²) in [5.41, 5.74) is 5.73. The van der Waals surface area contributed by atoms with Gasteiger partial charge in [-0.3, -0.25) is 4.98 Å². The second-order valence-electron chi connectivity index (χ2n) is 3.98. The molecule has 0 aliphatic carbocycles. The lowest BCUT2D eigenvalue weighted by atomic mass is 10.3. The van der Waals surface area contributed by atoms with Gasteiger partial charge in [0.1, 0.15) is 11.1 Å². The van der Waals surface area contributed by atoms with Crippen molar-refractivity contribution in [1.29, 1.82) is 0 Å². The molecule has 1 fully saturated rings. The fourth-order valence-electron chi connectivity index (χ4n) is 1.93. The second-order valence-corrected chi connectivity index (χ2v) is 5.87. The normalized spacial score (nSPS) is 22.4. The molecule has 87 valence electrons. The zero-order valence-electron chi connectivity index (χ0n) is 9.05. The quantitative estimate of drug-likeness (QED) is 0.823. The van der Waals surface area contributed by atoms with Crippen LogP contribution >= 0.6 is 0 Å². The average molecular weight is 240 g/mol. The molecule has 16 heavy (non-hydrogen) atoms. The Hall–Kier alpha value is -1.14. The Morgan fingerprint density at radius 1 is 1.62 bits per heavy atom. The standard InChI is InChI=1S/C10H14N3O2S/c1-8-3-2-4-13(8)16(14,15)10-5-9(11)6-12-7-10/h5,7-8H,2-4,11H2,1H3/t8-/m0/s1. The predicted molar refractivity (Wildman–Crippen MR) is 60.1 cm³/mol. The van der Waals surface area contributed by atoms with E-state index in [2.05, 4.69) is 11.2 Å². The van der Waals surface area contributed by atoms with Gasteiger partial charge in [0, 0.05) is 18.8 Å². The van der Waals surface area contributed by atoms with Crippen molar-refractivity contribution in [2.24, 2.45) is 0 Å². The van der Waals surface area contributed by atoms with Crippen LogP contribution in [0.5, 0.6) is 0 Å². The third-order valence-electron chi connectivity index (χ3n) is 2.78. The molecule has 5 nitrogen and oxygen atoms in total. The lowest BCUT2D eigenvalue weighted by Crippen LogP contribution is -2.33. The zero-order chi connectivity index (χ0) is 11.8. The number of rotatable bonds is 2. The molecule has 0 unspecified atom stereocenters. The van der Waals surface area contributed by atoms with Gasteiger partial charge in [-0.15, -0.1) is 0 Å². The second kappa shape index (κ2) is 4.03. The van der Waals surface area contributed by atoms with E-state index in [0.717, 1.165) is 12.8 Å². The summed E-state index contributed by atoms with van der Waals surface area (Å²) in [5, 5.41) is 0. The molecule has 1 aromatic heterocycles. The third kappa shape index (κ3) is 1.90. The summed E-state index contributed by atoms with van der Waals surface area (Å²) in [7, 11) is -3.44. The van der Waals surface area contributed by atoms with E-state index in [-0.39, 0.29) is 16.6 Å². The van der Waals surface area contributed by atoms with Gasteiger partial charge in [0.15, 0.2) is 0 Å². The highest BCUT2D eigenvalue weighted by molar-refractivity contribution is 7.89. The minimum Gasteiger partial charge on any atom is -0.397 e. The van der Waals surface area contributed by atoms with Crippen LogP contribution < -0.4 is 5.73 Å². The summed E-state index contributed by atoms with van der Waals surface area (Å²) in [6.07, 6.45) is 5.59. The van der Waals surface area contributed by atoms with Crippen LogP contribution in [-0.4, -0.2) is 30.3 Å². The van der Waals surface area contributed by atoms with Crippen molar-refractivity contribution >= 4 is 15.7 Å². The number of nitrogens with zero attached hydrogens (tertiary/aromatic N) is 2. The van der Waals surface area contributed by atoms with Gasteiger partial charge in [0.25, 0.3) is 0 Å². The maximum atomic E-state index is 12.2. The van der Waals surface area contributed by atoms with Crippen LogP contribution in [0.1, 0.15) is 19.8 Å². The molecular weight excluding hydrogens is 226 g/mol. The van der Waals surface area contributed by atoms with Crippen LogP contribution in [0.2, 0.25) is 0 Å². The van der Waals surface area contributed by atoms with Crippen molar-refractivity contribution < 1.29 is 8.42 Å². The number of anilines is 1. The Morgan fingerprint density at radius 2 is 2.38 bits per heavy atom. The molecule has 1 radical (unpaired) electrons. The van der Waals surface area contributed by atoms with E-state index in [1.807, 2.05) is 6.92 Å². The van der Waals surface area contributed by atoms with Gasteiger partial charge in [0.2, 0.25) is 10.0 Å². The maximum absolute atomic E-state index is 12.2. The third-order valence-corrected chi connectivity index (χ3v) is 4.76. The van der Waals surface area contributed by atoms with E-state index in [4.69, 9.17) is 5.73 Å².